The van der Waals surface area contributed by atoms with Crippen molar-refractivity contribution in [2.45, 2.75) is 39.0 Å². The van der Waals surface area contributed by atoms with Gasteiger partial charge < -0.3 is 4.98 Å². The van der Waals surface area contributed by atoms with Crippen LogP contribution in [0.25, 0.3) is 11.0 Å². The molecule has 0 aliphatic heterocycles. The molecule has 0 saturated carbocycles. The Hall–Kier alpha value is -1.45. The Labute approximate surface area is 99.1 Å². The predicted molar refractivity (Wildman–Crippen MR) is 63.9 cm³/mol. The number of aromatic nitrogens is 2. The van der Waals surface area contributed by atoms with Crippen molar-refractivity contribution >= 4 is 11.0 Å². The molecule has 1 aromatic heterocycles. The summed E-state index contributed by atoms with van der Waals surface area (Å²) in [5.41, 5.74) is 0.658. The number of halogens is 2. The first kappa shape index (κ1) is 12.0. The van der Waals surface area contributed by atoms with Crippen molar-refractivity contribution in [1.82, 2.24) is 9.97 Å². The second-order valence-corrected chi connectivity index (χ2v) is 4.45. The molecule has 0 bridgehead atoms. The lowest BCUT2D eigenvalue weighted by atomic mass is 10.0. The van der Waals surface area contributed by atoms with Gasteiger partial charge in [-0.15, -0.1) is 0 Å². The highest BCUT2D eigenvalue weighted by Gasteiger charge is 2.13. The van der Waals surface area contributed by atoms with Crippen molar-refractivity contribution in [2.24, 2.45) is 0 Å². The summed E-state index contributed by atoms with van der Waals surface area (Å²) in [6.45, 7) is 4.17. The minimum absolute atomic E-state index is 0.227. The quantitative estimate of drug-likeness (QED) is 0.852. The molecule has 92 valence electrons. The van der Waals surface area contributed by atoms with E-state index in [1.165, 1.54) is 6.07 Å². The van der Waals surface area contributed by atoms with Crippen LogP contribution in [-0.4, -0.2) is 9.97 Å². The van der Waals surface area contributed by atoms with Gasteiger partial charge in [0, 0.05) is 12.0 Å². The van der Waals surface area contributed by atoms with Gasteiger partial charge in [0.2, 0.25) is 0 Å². The van der Waals surface area contributed by atoms with E-state index in [1.54, 1.807) is 0 Å². The Morgan fingerprint density at radius 2 is 2.12 bits per heavy atom. The monoisotopic (exact) mass is 238 g/mol. The lowest BCUT2D eigenvalue weighted by Crippen LogP contribution is -1.95. The van der Waals surface area contributed by atoms with Crippen molar-refractivity contribution in [1.29, 1.82) is 0 Å². The van der Waals surface area contributed by atoms with Gasteiger partial charge in [-0.05, 0) is 12.5 Å². The molecule has 0 spiro atoms. The summed E-state index contributed by atoms with van der Waals surface area (Å²) in [5, 5.41) is 0. The number of H-pyrrole nitrogens is 1. The number of unbranched alkanes of at least 4 members (excludes halogenated alkanes) is 1. The first-order valence-electron chi connectivity index (χ1n) is 5.96. The Balaban J connectivity index is 2.34. The zero-order valence-corrected chi connectivity index (χ0v) is 10.1. The molecule has 17 heavy (non-hydrogen) atoms. The normalized spacial score (nSPS) is 13.2. The van der Waals surface area contributed by atoms with E-state index in [0.29, 0.717) is 5.52 Å². The highest BCUT2D eigenvalue weighted by Crippen LogP contribution is 2.23. The maximum Gasteiger partial charge on any atom is 0.153 e. The Morgan fingerprint density at radius 3 is 2.82 bits per heavy atom. The molecule has 0 radical (unpaired) electrons. The average Bonchev–Trinajstić information content (AvgIpc) is 2.69. The third-order valence-electron chi connectivity index (χ3n) is 2.98. The smallest absolute Gasteiger partial charge is 0.153 e. The van der Waals surface area contributed by atoms with Crippen LogP contribution >= 0.6 is 0 Å². The van der Waals surface area contributed by atoms with E-state index in [4.69, 9.17) is 0 Å². The number of fused-ring (bicyclic) bond motifs is 1. The summed E-state index contributed by atoms with van der Waals surface area (Å²) >= 11 is 0. The molecule has 0 fully saturated rings. The van der Waals surface area contributed by atoms with Crippen LogP contribution in [-0.2, 0) is 0 Å². The number of rotatable bonds is 4. The number of imidazole rings is 1. The van der Waals surface area contributed by atoms with E-state index in [9.17, 15) is 8.78 Å². The van der Waals surface area contributed by atoms with Gasteiger partial charge in [0.1, 0.15) is 17.2 Å². The molecule has 1 N–H and O–H groups in total. The predicted octanol–water partition coefficient (Wildman–Crippen LogP) is 4.13. The number of benzene rings is 1. The molecular formula is C13H16F2N2. The summed E-state index contributed by atoms with van der Waals surface area (Å²) in [6, 6.07) is 2.14. The van der Waals surface area contributed by atoms with Crippen LogP contribution in [0, 0.1) is 11.6 Å². The van der Waals surface area contributed by atoms with Gasteiger partial charge in [-0.2, -0.15) is 0 Å². The third-order valence-corrected chi connectivity index (χ3v) is 2.98. The SMILES string of the molecule is CCCCC(C)c1nc2c(F)cc(F)cc2[nH]1. The van der Waals surface area contributed by atoms with Gasteiger partial charge in [0.15, 0.2) is 5.82 Å². The lowest BCUT2D eigenvalue weighted by Gasteiger charge is -2.06. The van der Waals surface area contributed by atoms with Gasteiger partial charge in [-0.25, -0.2) is 13.8 Å². The number of nitrogens with zero attached hydrogens (tertiary/aromatic N) is 1. The van der Waals surface area contributed by atoms with Gasteiger partial charge in [0.25, 0.3) is 0 Å². The van der Waals surface area contributed by atoms with Gasteiger partial charge in [0.05, 0.1) is 5.52 Å². The topological polar surface area (TPSA) is 28.7 Å². The molecular weight excluding hydrogens is 222 g/mol. The standard InChI is InChI=1S/C13H16F2N2/c1-3-4-5-8(2)13-16-11-7-9(14)6-10(15)12(11)17-13/h6-8H,3-5H2,1-2H3,(H,16,17). The fraction of sp³-hybridized carbons (Fsp3) is 0.462. The summed E-state index contributed by atoms with van der Waals surface area (Å²) < 4.78 is 26.5. The van der Waals surface area contributed by atoms with Crippen LogP contribution in [0.5, 0.6) is 0 Å². The molecule has 1 unspecified atom stereocenters. The molecule has 1 aromatic carbocycles. The lowest BCUT2D eigenvalue weighted by molar-refractivity contribution is 0.589. The van der Waals surface area contributed by atoms with Crippen molar-refractivity contribution in [3.05, 3.63) is 29.6 Å². The second-order valence-electron chi connectivity index (χ2n) is 4.45. The summed E-state index contributed by atoms with van der Waals surface area (Å²) in [7, 11) is 0. The largest absolute Gasteiger partial charge is 0.342 e. The molecule has 1 atom stereocenters. The maximum absolute atomic E-state index is 13.5. The average molecular weight is 238 g/mol. The highest BCUT2D eigenvalue weighted by molar-refractivity contribution is 5.75. The summed E-state index contributed by atoms with van der Waals surface area (Å²) in [4.78, 5) is 7.20. The number of aromatic amines is 1. The molecule has 2 rings (SSSR count). The number of nitrogens with one attached hydrogen (secondary N) is 1. The third kappa shape index (κ3) is 2.46. The molecule has 0 aliphatic carbocycles. The van der Waals surface area contributed by atoms with Crippen molar-refractivity contribution < 1.29 is 8.78 Å². The van der Waals surface area contributed by atoms with E-state index >= 15 is 0 Å². The van der Waals surface area contributed by atoms with Crippen LogP contribution in [0.4, 0.5) is 8.78 Å². The van der Waals surface area contributed by atoms with E-state index in [1.807, 2.05) is 6.92 Å². The van der Waals surface area contributed by atoms with Crippen molar-refractivity contribution in [3.8, 4) is 0 Å². The zero-order chi connectivity index (χ0) is 12.4. The van der Waals surface area contributed by atoms with Crippen molar-refractivity contribution in [2.75, 3.05) is 0 Å². The first-order valence-corrected chi connectivity index (χ1v) is 5.96. The molecule has 4 heteroatoms. The van der Waals surface area contributed by atoms with Crippen LogP contribution in [0.1, 0.15) is 44.9 Å². The highest BCUT2D eigenvalue weighted by atomic mass is 19.1. The van der Waals surface area contributed by atoms with E-state index in [-0.39, 0.29) is 11.4 Å². The summed E-state index contributed by atoms with van der Waals surface area (Å²) in [5.74, 6) is -0.209. The van der Waals surface area contributed by atoms with E-state index in [0.717, 1.165) is 31.2 Å². The molecule has 1 heterocycles. The van der Waals surface area contributed by atoms with Crippen molar-refractivity contribution in [3.63, 3.8) is 0 Å². The van der Waals surface area contributed by atoms with Crippen LogP contribution < -0.4 is 0 Å². The zero-order valence-electron chi connectivity index (χ0n) is 10.1. The van der Waals surface area contributed by atoms with Gasteiger partial charge in [-0.1, -0.05) is 26.7 Å². The molecule has 0 amide bonds. The van der Waals surface area contributed by atoms with Crippen LogP contribution in [0.15, 0.2) is 12.1 Å². The molecule has 0 aliphatic rings. The Kier molecular flexibility index (Phi) is 3.41. The van der Waals surface area contributed by atoms with E-state index < -0.39 is 11.6 Å². The Bertz CT molecular complexity index is 519. The van der Waals surface area contributed by atoms with Gasteiger partial charge >= 0.3 is 0 Å². The van der Waals surface area contributed by atoms with Crippen LogP contribution in [0.2, 0.25) is 0 Å². The second kappa shape index (κ2) is 4.82. The van der Waals surface area contributed by atoms with Gasteiger partial charge in [-0.3, -0.25) is 0 Å². The maximum atomic E-state index is 13.5. The molecule has 2 nitrogen and oxygen atoms in total. The fourth-order valence-corrected chi connectivity index (χ4v) is 1.94. The molecule has 2 aromatic rings. The van der Waals surface area contributed by atoms with E-state index in [2.05, 4.69) is 16.9 Å². The molecule has 0 saturated heterocycles. The Morgan fingerprint density at radius 1 is 1.35 bits per heavy atom. The minimum atomic E-state index is -0.606. The minimum Gasteiger partial charge on any atom is -0.342 e. The summed E-state index contributed by atoms with van der Waals surface area (Å²) in [6.07, 6.45) is 3.23. The first-order chi connectivity index (χ1) is 8.11. The number of hydrogen-bond acceptors (Lipinski definition) is 1. The fourth-order valence-electron chi connectivity index (χ4n) is 1.94. The van der Waals surface area contributed by atoms with Crippen LogP contribution in [0.3, 0.4) is 0 Å². The number of hydrogen-bond donors (Lipinski definition) is 1.